The summed E-state index contributed by atoms with van der Waals surface area (Å²) < 4.78 is 33.7. The highest BCUT2D eigenvalue weighted by molar-refractivity contribution is 7.92. The number of aryl methyl sites for hydroxylation is 1. The number of halogens is 1. The molecule has 0 saturated carbocycles. The summed E-state index contributed by atoms with van der Waals surface area (Å²) in [5.41, 5.74) is 1.91. The molecule has 0 aliphatic rings. The number of hydrogen-bond donors (Lipinski definition) is 2. The van der Waals surface area contributed by atoms with Gasteiger partial charge in [0.1, 0.15) is 5.75 Å². The van der Waals surface area contributed by atoms with Crippen molar-refractivity contribution in [2.45, 2.75) is 18.4 Å². The first-order chi connectivity index (χ1) is 14.3. The first-order valence-corrected chi connectivity index (χ1v) is 11.0. The average Bonchev–Trinajstić information content (AvgIpc) is 2.72. The Hall–Kier alpha value is -3.03. The van der Waals surface area contributed by atoms with E-state index in [0.29, 0.717) is 22.0 Å². The SMILES string of the molecule is COc1ccccc1NS(=O)(=O)c1cc(C(=O)NCc2cccc(Cl)c2)ccc1C. The number of sulfonamides is 1. The van der Waals surface area contributed by atoms with Crippen molar-refractivity contribution in [1.29, 1.82) is 0 Å². The molecule has 0 atom stereocenters. The van der Waals surface area contributed by atoms with E-state index in [1.54, 1.807) is 61.5 Å². The van der Waals surface area contributed by atoms with Crippen molar-refractivity contribution in [2.24, 2.45) is 0 Å². The number of nitrogens with one attached hydrogen (secondary N) is 2. The summed E-state index contributed by atoms with van der Waals surface area (Å²) in [6.07, 6.45) is 0. The van der Waals surface area contributed by atoms with Crippen LogP contribution in [0.2, 0.25) is 5.02 Å². The van der Waals surface area contributed by atoms with Gasteiger partial charge in [-0.15, -0.1) is 0 Å². The zero-order chi connectivity index (χ0) is 21.7. The number of ether oxygens (including phenoxy) is 1. The summed E-state index contributed by atoms with van der Waals surface area (Å²) in [5.74, 6) is 0.0119. The van der Waals surface area contributed by atoms with E-state index in [4.69, 9.17) is 16.3 Å². The van der Waals surface area contributed by atoms with Crippen LogP contribution in [0.25, 0.3) is 0 Å². The fourth-order valence-electron chi connectivity index (χ4n) is 2.89. The van der Waals surface area contributed by atoms with Crippen LogP contribution in [-0.4, -0.2) is 21.4 Å². The second kappa shape index (κ2) is 9.19. The molecule has 2 N–H and O–H groups in total. The number of carbonyl (C=O) groups excluding carboxylic acids is 1. The fourth-order valence-corrected chi connectivity index (χ4v) is 4.45. The molecular weight excluding hydrogens is 424 g/mol. The predicted octanol–water partition coefficient (Wildman–Crippen LogP) is 4.39. The minimum Gasteiger partial charge on any atom is -0.495 e. The van der Waals surface area contributed by atoms with Crippen molar-refractivity contribution in [3.63, 3.8) is 0 Å². The van der Waals surface area contributed by atoms with E-state index in [1.807, 2.05) is 6.07 Å². The van der Waals surface area contributed by atoms with E-state index >= 15 is 0 Å². The van der Waals surface area contributed by atoms with E-state index in [1.165, 1.54) is 13.2 Å². The molecule has 3 aromatic carbocycles. The first kappa shape index (κ1) is 21.7. The van der Waals surface area contributed by atoms with Crippen LogP contribution in [0.1, 0.15) is 21.5 Å². The Morgan fingerprint density at radius 2 is 1.80 bits per heavy atom. The van der Waals surface area contributed by atoms with E-state index in [-0.39, 0.29) is 22.9 Å². The van der Waals surface area contributed by atoms with Gasteiger partial charge in [0.05, 0.1) is 17.7 Å². The van der Waals surface area contributed by atoms with Crippen molar-refractivity contribution in [1.82, 2.24) is 5.32 Å². The van der Waals surface area contributed by atoms with Crippen molar-refractivity contribution in [3.05, 3.63) is 88.4 Å². The Bertz CT molecular complexity index is 1180. The van der Waals surface area contributed by atoms with Crippen molar-refractivity contribution >= 4 is 33.2 Å². The lowest BCUT2D eigenvalue weighted by atomic mass is 10.1. The number of amides is 1. The molecule has 8 heteroatoms. The number of para-hydroxylation sites is 2. The van der Waals surface area contributed by atoms with E-state index in [9.17, 15) is 13.2 Å². The lowest BCUT2D eigenvalue weighted by molar-refractivity contribution is 0.0950. The van der Waals surface area contributed by atoms with Gasteiger partial charge < -0.3 is 10.1 Å². The summed E-state index contributed by atoms with van der Waals surface area (Å²) in [5, 5.41) is 3.35. The molecule has 6 nitrogen and oxygen atoms in total. The molecule has 30 heavy (non-hydrogen) atoms. The average molecular weight is 445 g/mol. The summed E-state index contributed by atoms with van der Waals surface area (Å²) in [6, 6.07) is 18.4. The molecule has 0 spiro atoms. The largest absolute Gasteiger partial charge is 0.495 e. The Kier molecular flexibility index (Phi) is 6.64. The molecule has 3 aromatic rings. The second-order valence-electron chi connectivity index (χ2n) is 6.60. The van der Waals surface area contributed by atoms with Gasteiger partial charge in [-0.3, -0.25) is 9.52 Å². The highest BCUT2D eigenvalue weighted by Crippen LogP contribution is 2.27. The first-order valence-electron chi connectivity index (χ1n) is 9.09. The predicted molar refractivity (Wildman–Crippen MR) is 118 cm³/mol. The van der Waals surface area contributed by atoms with Crippen LogP contribution in [-0.2, 0) is 16.6 Å². The minimum absolute atomic E-state index is 0.0174. The number of hydrogen-bond acceptors (Lipinski definition) is 4. The van der Waals surface area contributed by atoms with Crippen molar-refractivity contribution in [2.75, 3.05) is 11.8 Å². The van der Waals surface area contributed by atoms with E-state index in [0.717, 1.165) is 5.56 Å². The third-order valence-electron chi connectivity index (χ3n) is 4.43. The standard InChI is InChI=1S/C22H21ClN2O4S/c1-15-10-11-17(22(26)24-14-16-6-5-7-18(23)12-16)13-21(15)30(27,28)25-19-8-3-4-9-20(19)29-2/h3-13,25H,14H2,1-2H3,(H,24,26). The third kappa shape index (κ3) is 5.11. The topological polar surface area (TPSA) is 84.5 Å². The van der Waals surface area contributed by atoms with Crippen LogP contribution in [0.15, 0.2) is 71.6 Å². The molecule has 0 aliphatic carbocycles. The molecule has 0 unspecified atom stereocenters. The van der Waals surface area contributed by atoms with Gasteiger partial charge in [0.25, 0.3) is 15.9 Å². The summed E-state index contributed by atoms with van der Waals surface area (Å²) in [7, 11) is -2.47. The Morgan fingerprint density at radius 3 is 2.53 bits per heavy atom. The number of benzene rings is 3. The minimum atomic E-state index is -3.93. The molecule has 0 heterocycles. The molecule has 0 radical (unpaired) electrons. The van der Waals surface area contributed by atoms with E-state index in [2.05, 4.69) is 10.0 Å². The fraction of sp³-hybridized carbons (Fsp3) is 0.136. The van der Waals surface area contributed by atoms with Crippen LogP contribution < -0.4 is 14.8 Å². The van der Waals surface area contributed by atoms with Crippen LogP contribution in [0.4, 0.5) is 5.69 Å². The zero-order valence-electron chi connectivity index (χ0n) is 16.5. The maximum absolute atomic E-state index is 13.0. The highest BCUT2D eigenvalue weighted by Gasteiger charge is 2.20. The monoisotopic (exact) mass is 444 g/mol. The van der Waals surface area contributed by atoms with Gasteiger partial charge in [-0.05, 0) is 54.4 Å². The number of carbonyl (C=O) groups is 1. The summed E-state index contributed by atoms with van der Waals surface area (Å²) >= 11 is 5.96. The van der Waals surface area contributed by atoms with Gasteiger partial charge in [0, 0.05) is 17.1 Å². The smallest absolute Gasteiger partial charge is 0.262 e. The van der Waals surface area contributed by atoms with Crippen LogP contribution in [0, 0.1) is 6.92 Å². The zero-order valence-corrected chi connectivity index (χ0v) is 18.0. The van der Waals surface area contributed by atoms with Crippen molar-refractivity contribution in [3.8, 4) is 5.75 Å². The Labute approximate surface area is 180 Å². The third-order valence-corrected chi connectivity index (χ3v) is 6.18. The molecule has 0 aliphatic heterocycles. The van der Waals surface area contributed by atoms with Crippen LogP contribution in [0.5, 0.6) is 5.75 Å². The van der Waals surface area contributed by atoms with Gasteiger partial charge in [0.2, 0.25) is 0 Å². The van der Waals surface area contributed by atoms with Crippen LogP contribution in [0.3, 0.4) is 0 Å². The molecule has 0 saturated heterocycles. The number of anilines is 1. The summed E-state index contributed by atoms with van der Waals surface area (Å²) in [4.78, 5) is 12.6. The molecule has 1 amide bonds. The Balaban J connectivity index is 1.82. The van der Waals surface area contributed by atoms with Gasteiger partial charge in [0.15, 0.2) is 0 Å². The van der Waals surface area contributed by atoms with Gasteiger partial charge in [-0.25, -0.2) is 8.42 Å². The molecule has 3 rings (SSSR count). The maximum Gasteiger partial charge on any atom is 0.262 e. The number of methoxy groups -OCH3 is 1. The number of rotatable bonds is 7. The normalized spacial score (nSPS) is 11.0. The van der Waals surface area contributed by atoms with Gasteiger partial charge in [-0.1, -0.05) is 41.9 Å². The molecule has 0 aromatic heterocycles. The maximum atomic E-state index is 13.0. The quantitative estimate of drug-likeness (QED) is 0.566. The highest BCUT2D eigenvalue weighted by atomic mass is 35.5. The lowest BCUT2D eigenvalue weighted by Crippen LogP contribution is -2.23. The van der Waals surface area contributed by atoms with Crippen molar-refractivity contribution < 1.29 is 17.9 Å². The van der Waals surface area contributed by atoms with E-state index < -0.39 is 10.0 Å². The van der Waals surface area contributed by atoms with Crippen LogP contribution >= 0.6 is 11.6 Å². The summed E-state index contributed by atoms with van der Waals surface area (Å²) in [6.45, 7) is 1.94. The molecule has 0 fully saturated rings. The Morgan fingerprint density at radius 1 is 1.03 bits per heavy atom. The molecular formula is C22H21ClN2O4S. The van der Waals surface area contributed by atoms with Gasteiger partial charge in [-0.2, -0.15) is 0 Å². The molecule has 0 bridgehead atoms. The second-order valence-corrected chi connectivity index (χ2v) is 8.69. The van der Waals surface area contributed by atoms with Gasteiger partial charge >= 0.3 is 0 Å². The lowest BCUT2D eigenvalue weighted by Gasteiger charge is -2.14. The molecule has 156 valence electrons.